The molecule has 0 saturated heterocycles. The standard InChI is InChI=1S/C13H18N2O2/c1-13(9-14,15-2)10-17-12-6-4-3-5-11(12)7-8-16/h3-6,15-16H,7-8,10H2,1-2H3. The molecule has 0 aliphatic carbocycles. The first-order chi connectivity index (χ1) is 8.15. The summed E-state index contributed by atoms with van der Waals surface area (Å²) in [5, 5.41) is 20.9. The maximum atomic E-state index is 9.00. The zero-order valence-corrected chi connectivity index (χ0v) is 10.2. The molecule has 1 atom stereocenters. The zero-order valence-electron chi connectivity index (χ0n) is 10.2. The predicted molar refractivity (Wildman–Crippen MR) is 65.8 cm³/mol. The van der Waals surface area contributed by atoms with Crippen LogP contribution in [0.1, 0.15) is 12.5 Å². The molecule has 0 amide bonds. The van der Waals surface area contributed by atoms with Crippen LogP contribution >= 0.6 is 0 Å². The number of benzene rings is 1. The molecule has 0 radical (unpaired) electrons. The van der Waals surface area contributed by atoms with Crippen LogP contribution in [0.25, 0.3) is 0 Å². The van der Waals surface area contributed by atoms with E-state index in [-0.39, 0.29) is 13.2 Å². The third-order valence-electron chi connectivity index (χ3n) is 2.67. The highest BCUT2D eigenvalue weighted by Gasteiger charge is 2.22. The number of hydrogen-bond donors (Lipinski definition) is 2. The van der Waals surface area contributed by atoms with Gasteiger partial charge in [-0.1, -0.05) is 18.2 Å². The number of para-hydroxylation sites is 1. The van der Waals surface area contributed by atoms with Gasteiger partial charge in [0.2, 0.25) is 0 Å². The fraction of sp³-hybridized carbons (Fsp3) is 0.462. The summed E-state index contributed by atoms with van der Waals surface area (Å²) >= 11 is 0. The van der Waals surface area contributed by atoms with Crippen LogP contribution < -0.4 is 10.1 Å². The van der Waals surface area contributed by atoms with Crippen molar-refractivity contribution in [2.75, 3.05) is 20.3 Å². The molecule has 1 rings (SSSR count). The third-order valence-corrected chi connectivity index (χ3v) is 2.67. The number of nitrogens with one attached hydrogen (secondary N) is 1. The lowest BCUT2D eigenvalue weighted by molar-refractivity contribution is 0.237. The van der Waals surface area contributed by atoms with Crippen molar-refractivity contribution in [3.63, 3.8) is 0 Å². The average molecular weight is 234 g/mol. The summed E-state index contributed by atoms with van der Waals surface area (Å²) in [4.78, 5) is 0. The lowest BCUT2D eigenvalue weighted by Gasteiger charge is -2.21. The SMILES string of the molecule is CNC(C)(C#N)COc1ccccc1CCO. The Morgan fingerprint density at radius 2 is 2.18 bits per heavy atom. The molecule has 92 valence electrons. The highest BCUT2D eigenvalue weighted by molar-refractivity contribution is 5.33. The number of ether oxygens (including phenoxy) is 1. The lowest BCUT2D eigenvalue weighted by atomic mass is 10.1. The van der Waals surface area contributed by atoms with Crippen LogP contribution in [0.3, 0.4) is 0 Å². The zero-order chi connectivity index (χ0) is 12.7. The minimum Gasteiger partial charge on any atom is -0.490 e. The van der Waals surface area contributed by atoms with Crippen LogP contribution in [0.5, 0.6) is 5.75 Å². The summed E-state index contributed by atoms with van der Waals surface area (Å²) in [5.74, 6) is 0.721. The predicted octanol–water partition coefficient (Wildman–Crippen LogP) is 1.10. The van der Waals surface area contributed by atoms with Crippen LogP contribution in [0, 0.1) is 11.3 Å². The van der Waals surface area contributed by atoms with E-state index in [1.54, 1.807) is 14.0 Å². The van der Waals surface area contributed by atoms with E-state index in [9.17, 15) is 0 Å². The Bertz CT molecular complexity index is 401. The van der Waals surface area contributed by atoms with E-state index in [1.807, 2.05) is 24.3 Å². The summed E-state index contributed by atoms with van der Waals surface area (Å²) in [6.45, 7) is 2.13. The largest absolute Gasteiger partial charge is 0.490 e. The Morgan fingerprint density at radius 3 is 2.76 bits per heavy atom. The maximum Gasteiger partial charge on any atom is 0.137 e. The molecule has 0 saturated carbocycles. The first-order valence-electron chi connectivity index (χ1n) is 5.57. The van der Waals surface area contributed by atoms with Crippen LogP contribution in [0.15, 0.2) is 24.3 Å². The Hall–Kier alpha value is -1.57. The molecule has 1 unspecified atom stereocenters. The van der Waals surface area contributed by atoms with Gasteiger partial charge >= 0.3 is 0 Å². The number of nitrogens with zero attached hydrogens (tertiary/aromatic N) is 1. The van der Waals surface area contributed by atoms with Gasteiger partial charge < -0.3 is 9.84 Å². The van der Waals surface area contributed by atoms with Gasteiger partial charge in [-0.2, -0.15) is 5.26 Å². The molecule has 4 heteroatoms. The molecule has 0 spiro atoms. The minimum absolute atomic E-state index is 0.0852. The van der Waals surface area contributed by atoms with Crippen LogP contribution in [0.4, 0.5) is 0 Å². The highest BCUT2D eigenvalue weighted by atomic mass is 16.5. The van der Waals surface area contributed by atoms with Gasteiger partial charge in [0.15, 0.2) is 0 Å². The third kappa shape index (κ3) is 3.74. The van der Waals surface area contributed by atoms with E-state index in [2.05, 4.69) is 11.4 Å². The fourth-order valence-corrected chi connectivity index (χ4v) is 1.35. The molecule has 0 bridgehead atoms. The summed E-state index contributed by atoms with van der Waals surface area (Å²) in [5.41, 5.74) is 0.248. The van der Waals surface area contributed by atoms with Crippen molar-refractivity contribution in [3.8, 4) is 11.8 Å². The molecule has 2 N–H and O–H groups in total. The van der Waals surface area contributed by atoms with Gasteiger partial charge in [0, 0.05) is 6.61 Å². The Morgan fingerprint density at radius 1 is 1.47 bits per heavy atom. The molecule has 0 aliphatic rings. The first kappa shape index (κ1) is 13.5. The van der Waals surface area contributed by atoms with Crippen LogP contribution in [-0.4, -0.2) is 30.9 Å². The van der Waals surface area contributed by atoms with E-state index in [0.717, 1.165) is 11.3 Å². The molecule has 1 aromatic carbocycles. The number of hydrogen-bond acceptors (Lipinski definition) is 4. The highest BCUT2D eigenvalue weighted by Crippen LogP contribution is 2.19. The number of aliphatic hydroxyl groups excluding tert-OH is 1. The Balaban J connectivity index is 2.72. The second-order valence-corrected chi connectivity index (χ2v) is 4.06. The normalized spacial score (nSPS) is 13.8. The average Bonchev–Trinajstić information content (AvgIpc) is 2.38. The summed E-state index contributed by atoms with van der Waals surface area (Å²) in [6, 6.07) is 9.70. The van der Waals surface area contributed by atoms with E-state index in [0.29, 0.717) is 6.42 Å². The van der Waals surface area contributed by atoms with Gasteiger partial charge in [-0.25, -0.2) is 0 Å². The first-order valence-corrected chi connectivity index (χ1v) is 5.57. The van der Waals surface area contributed by atoms with Crippen molar-refractivity contribution >= 4 is 0 Å². The molecule has 0 aromatic heterocycles. The van der Waals surface area contributed by atoms with Gasteiger partial charge in [0.05, 0.1) is 6.07 Å². The quantitative estimate of drug-likeness (QED) is 0.773. The Kier molecular flexibility index (Phi) is 4.95. The molecular formula is C13H18N2O2. The maximum absolute atomic E-state index is 9.00. The van der Waals surface area contributed by atoms with Gasteiger partial charge in [0.1, 0.15) is 17.9 Å². The molecule has 0 fully saturated rings. The monoisotopic (exact) mass is 234 g/mol. The van der Waals surface area contributed by atoms with Gasteiger partial charge in [-0.3, -0.25) is 5.32 Å². The van der Waals surface area contributed by atoms with Gasteiger partial charge in [0.25, 0.3) is 0 Å². The van der Waals surface area contributed by atoms with Crippen molar-refractivity contribution < 1.29 is 9.84 Å². The van der Waals surface area contributed by atoms with Gasteiger partial charge in [-0.15, -0.1) is 0 Å². The van der Waals surface area contributed by atoms with Crippen LogP contribution in [-0.2, 0) is 6.42 Å². The van der Waals surface area contributed by atoms with Crippen molar-refractivity contribution in [1.82, 2.24) is 5.32 Å². The smallest absolute Gasteiger partial charge is 0.137 e. The molecule has 1 aromatic rings. The summed E-state index contributed by atoms with van der Waals surface area (Å²) < 4.78 is 5.64. The van der Waals surface area contributed by atoms with Crippen molar-refractivity contribution in [2.24, 2.45) is 0 Å². The van der Waals surface area contributed by atoms with E-state index in [1.165, 1.54) is 0 Å². The lowest BCUT2D eigenvalue weighted by Crippen LogP contribution is -2.43. The van der Waals surface area contributed by atoms with Crippen molar-refractivity contribution in [2.45, 2.75) is 18.9 Å². The summed E-state index contributed by atoms with van der Waals surface area (Å²) in [7, 11) is 1.73. The number of aliphatic hydroxyl groups is 1. The second-order valence-electron chi connectivity index (χ2n) is 4.06. The van der Waals surface area contributed by atoms with Crippen molar-refractivity contribution in [3.05, 3.63) is 29.8 Å². The molecular weight excluding hydrogens is 216 g/mol. The van der Waals surface area contributed by atoms with E-state index < -0.39 is 5.54 Å². The Labute approximate surface area is 102 Å². The number of likely N-dealkylation sites (N-methyl/N-ethyl adjacent to an activating group) is 1. The summed E-state index contributed by atoms with van der Waals surface area (Å²) in [6.07, 6.45) is 0.555. The second kappa shape index (κ2) is 6.24. The molecule has 17 heavy (non-hydrogen) atoms. The topological polar surface area (TPSA) is 65.3 Å². The molecule has 0 aliphatic heterocycles. The number of rotatable bonds is 6. The fourth-order valence-electron chi connectivity index (χ4n) is 1.35. The minimum atomic E-state index is -0.702. The van der Waals surface area contributed by atoms with E-state index >= 15 is 0 Å². The molecule has 4 nitrogen and oxygen atoms in total. The van der Waals surface area contributed by atoms with Gasteiger partial charge in [-0.05, 0) is 32.0 Å². The van der Waals surface area contributed by atoms with E-state index in [4.69, 9.17) is 15.1 Å². The van der Waals surface area contributed by atoms with Crippen molar-refractivity contribution in [1.29, 1.82) is 5.26 Å². The molecule has 0 heterocycles. The number of nitriles is 1. The van der Waals surface area contributed by atoms with Crippen LogP contribution in [0.2, 0.25) is 0 Å².